The minimum Gasteiger partial charge on any atom is -0.469 e. The van der Waals surface area contributed by atoms with Crippen LogP contribution in [-0.2, 0) is 7.05 Å². The molecule has 3 aromatic rings. The van der Waals surface area contributed by atoms with Crippen molar-refractivity contribution in [2.75, 3.05) is 0 Å². The van der Waals surface area contributed by atoms with Crippen LogP contribution in [0.15, 0.2) is 52.2 Å². The molecule has 0 fully saturated rings. The second kappa shape index (κ2) is 6.42. The van der Waals surface area contributed by atoms with E-state index >= 15 is 0 Å². The van der Waals surface area contributed by atoms with Gasteiger partial charge in [-0.25, -0.2) is 0 Å². The predicted octanol–water partition coefficient (Wildman–Crippen LogP) is 3.75. The van der Waals surface area contributed by atoms with E-state index in [1.54, 1.807) is 6.26 Å². The van der Waals surface area contributed by atoms with Crippen LogP contribution in [0.2, 0.25) is 0 Å². The first kappa shape index (κ1) is 15.6. The van der Waals surface area contributed by atoms with Gasteiger partial charge in [0.1, 0.15) is 5.76 Å². The molecule has 5 nitrogen and oxygen atoms in total. The minimum absolute atomic E-state index is 0.0830. The van der Waals surface area contributed by atoms with Gasteiger partial charge in [-0.3, -0.25) is 4.79 Å². The Hall–Kier alpha value is -2.34. The molecule has 3 rings (SSSR count). The number of carbonyl (C=O) groups excluding carboxylic acids is 1. The molecule has 0 N–H and O–H groups in total. The maximum Gasteiger partial charge on any atom is 0.191 e. The lowest BCUT2D eigenvalue weighted by molar-refractivity contribution is 0.0994. The monoisotopic (exact) mass is 327 g/mol. The average molecular weight is 327 g/mol. The van der Waals surface area contributed by atoms with E-state index in [1.807, 2.05) is 61.9 Å². The van der Waals surface area contributed by atoms with Crippen molar-refractivity contribution in [3.8, 4) is 11.4 Å². The van der Waals surface area contributed by atoms with Crippen LogP contribution < -0.4 is 0 Å². The molecule has 0 aliphatic carbocycles. The third-order valence-electron chi connectivity index (χ3n) is 3.64. The van der Waals surface area contributed by atoms with Crippen LogP contribution in [0.5, 0.6) is 0 Å². The predicted molar refractivity (Wildman–Crippen MR) is 89.5 cm³/mol. The number of hydrogen-bond donors (Lipinski definition) is 0. The highest BCUT2D eigenvalue weighted by Gasteiger charge is 2.21. The molecule has 118 valence electrons. The fourth-order valence-corrected chi connectivity index (χ4v) is 3.21. The van der Waals surface area contributed by atoms with Crippen LogP contribution in [0.25, 0.3) is 11.4 Å². The minimum atomic E-state index is -0.237. The van der Waals surface area contributed by atoms with Gasteiger partial charge in [0.15, 0.2) is 16.8 Å². The van der Waals surface area contributed by atoms with E-state index in [0.717, 1.165) is 17.1 Å². The summed E-state index contributed by atoms with van der Waals surface area (Å²) in [6.07, 6.45) is 1.63. The summed E-state index contributed by atoms with van der Waals surface area (Å²) in [4.78, 5) is 12.5. The van der Waals surface area contributed by atoms with Crippen molar-refractivity contribution in [1.29, 1.82) is 0 Å². The van der Waals surface area contributed by atoms with Gasteiger partial charge in [0.05, 0.1) is 17.1 Å². The first-order valence-corrected chi connectivity index (χ1v) is 8.15. The molecule has 0 radical (unpaired) electrons. The highest BCUT2D eigenvalue weighted by Crippen LogP contribution is 2.28. The summed E-state index contributed by atoms with van der Waals surface area (Å²) in [5.74, 6) is 1.61. The van der Waals surface area contributed by atoms with Gasteiger partial charge in [-0.1, -0.05) is 42.1 Å². The molecule has 0 aliphatic heterocycles. The summed E-state index contributed by atoms with van der Waals surface area (Å²) < 4.78 is 7.20. The zero-order valence-electron chi connectivity index (χ0n) is 13.2. The number of hydrogen-bond acceptors (Lipinski definition) is 5. The molecule has 6 heteroatoms. The Morgan fingerprint density at radius 1 is 1.22 bits per heavy atom. The van der Waals surface area contributed by atoms with Crippen LogP contribution >= 0.6 is 11.8 Å². The molecule has 23 heavy (non-hydrogen) atoms. The number of ketones is 1. The molecule has 0 unspecified atom stereocenters. The van der Waals surface area contributed by atoms with E-state index in [2.05, 4.69) is 10.2 Å². The number of benzene rings is 1. The second-order valence-electron chi connectivity index (χ2n) is 5.25. The topological polar surface area (TPSA) is 60.9 Å². The van der Waals surface area contributed by atoms with Gasteiger partial charge in [-0.15, -0.1) is 10.2 Å². The molecule has 0 amide bonds. The molecule has 1 atom stereocenters. The Morgan fingerprint density at radius 3 is 2.61 bits per heavy atom. The Kier molecular flexibility index (Phi) is 4.34. The number of Topliss-reactive ketones (excluding diaryl/α,β-unsaturated/α-hetero) is 1. The number of furan rings is 1. The lowest BCUT2D eigenvalue weighted by atomic mass is 10.1. The van der Waals surface area contributed by atoms with Gasteiger partial charge in [-0.05, 0) is 19.9 Å². The van der Waals surface area contributed by atoms with Crippen LogP contribution in [0.1, 0.15) is 23.0 Å². The van der Waals surface area contributed by atoms with Crippen molar-refractivity contribution in [3.63, 3.8) is 0 Å². The zero-order valence-corrected chi connectivity index (χ0v) is 14.0. The Bertz CT molecular complexity index is 823. The van der Waals surface area contributed by atoms with E-state index in [9.17, 15) is 4.79 Å². The zero-order chi connectivity index (χ0) is 16.4. The van der Waals surface area contributed by atoms with Crippen molar-refractivity contribution < 1.29 is 9.21 Å². The fourth-order valence-electron chi connectivity index (χ4n) is 2.32. The van der Waals surface area contributed by atoms with Gasteiger partial charge < -0.3 is 8.98 Å². The van der Waals surface area contributed by atoms with Crippen molar-refractivity contribution in [1.82, 2.24) is 14.8 Å². The van der Waals surface area contributed by atoms with E-state index in [4.69, 9.17) is 4.42 Å². The number of nitrogens with zero attached hydrogens (tertiary/aromatic N) is 3. The van der Waals surface area contributed by atoms with Crippen molar-refractivity contribution in [3.05, 3.63) is 54.0 Å². The third-order valence-corrected chi connectivity index (χ3v) is 4.78. The SMILES string of the molecule is Cc1occc1-c1nnc(S[C@@H](C)C(=O)c2ccccc2)n1C. The van der Waals surface area contributed by atoms with Gasteiger partial charge in [0.25, 0.3) is 0 Å². The Morgan fingerprint density at radius 2 is 1.96 bits per heavy atom. The highest BCUT2D eigenvalue weighted by atomic mass is 32.2. The van der Waals surface area contributed by atoms with Crippen molar-refractivity contribution >= 4 is 17.5 Å². The summed E-state index contributed by atoms with van der Waals surface area (Å²) in [5.41, 5.74) is 1.62. The van der Waals surface area contributed by atoms with Gasteiger partial charge in [-0.2, -0.15) is 0 Å². The molecular formula is C17H17N3O2S. The summed E-state index contributed by atoms with van der Waals surface area (Å²) >= 11 is 1.41. The normalized spacial score (nSPS) is 12.3. The number of aromatic nitrogens is 3. The smallest absolute Gasteiger partial charge is 0.191 e. The Balaban J connectivity index is 1.80. The first-order chi connectivity index (χ1) is 11.1. The molecule has 0 saturated heterocycles. The van der Waals surface area contributed by atoms with Crippen LogP contribution in [-0.4, -0.2) is 25.8 Å². The number of carbonyl (C=O) groups is 1. The summed E-state index contributed by atoms with van der Waals surface area (Å²) in [5, 5.41) is 8.90. The van der Waals surface area contributed by atoms with E-state index in [0.29, 0.717) is 10.7 Å². The third kappa shape index (κ3) is 3.07. The molecule has 0 aliphatic rings. The lowest BCUT2D eigenvalue weighted by Crippen LogP contribution is -2.14. The summed E-state index contributed by atoms with van der Waals surface area (Å²) in [6, 6.07) is 11.2. The van der Waals surface area contributed by atoms with E-state index in [-0.39, 0.29) is 11.0 Å². The molecule has 0 saturated carbocycles. The molecular weight excluding hydrogens is 310 g/mol. The van der Waals surface area contributed by atoms with Crippen molar-refractivity contribution in [2.45, 2.75) is 24.3 Å². The van der Waals surface area contributed by atoms with Gasteiger partial charge in [0.2, 0.25) is 0 Å². The molecule has 1 aromatic carbocycles. The van der Waals surface area contributed by atoms with Crippen molar-refractivity contribution in [2.24, 2.45) is 7.05 Å². The second-order valence-corrected chi connectivity index (χ2v) is 6.55. The number of thioether (sulfide) groups is 1. The molecule has 2 aromatic heterocycles. The summed E-state index contributed by atoms with van der Waals surface area (Å²) in [7, 11) is 1.89. The molecule has 0 spiro atoms. The standard InChI is InChI=1S/C17H17N3O2S/c1-11-14(9-10-22-11)16-18-19-17(20(16)3)23-12(2)15(21)13-7-5-4-6-8-13/h4-10,12H,1-3H3/t12-/m0/s1. The largest absolute Gasteiger partial charge is 0.469 e. The van der Waals surface area contributed by atoms with E-state index in [1.165, 1.54) is 11.8 Å². The highest BCUT2D eigenvalue weighted by molar-refractivity contribution is 8.00. The van der Waals surface area contributed by atoms with Crippen LogP contribution in [0.3, 0.4) is 0 Å². The maximum atomic E-state index is 12.5. The average Bonchev–Trinajstić information content (AvgIpc) is 3.14. The van der Waals surface area contributed by atoms with Gasteiger partial charge >= 0.3 is 0 Å². The fraction of sp³-hybridized carbons (Fsp3) is 0.235. The first-order valence-electron chi connectivity index (χ1n) is 7.27. The number of rotatable bonds is 5. The van der Waals surface area contributed by atoms with Gasteiger partial charge in [0, 0.05) is 12.6 Å². The van der Waals surface area contributed by atoms with Crippen LogP contribution in [0.4, 0.5) is 0 Å². The maximum absolute atomic E-state index is 12.5. The summed E-state index contributed by atoms with van der Waals surface area (Å²) in [6.45, 7) is 3.77. The lowest BCUT2D eigenvalue weighted by Gasteiger charge is -2.10. The Labute approximate surface area is 138 Å². The quantitative estimate of drug-likeness (QED) is 0.527. The molecule has 0 bridgehead atoms. The number of aryl methyl sites for hydroxylation is 1. The molecule has 2 heterocycles. The van der Waals surface area contributed by atoms with E-state index < -0.39 is 0 Å². The van der Waals surface area contributed by atoms with Crippen LogP contribution in [0, 0.1) is 6.92 Å².